The molecule has 0 atom stereocenters. The lowest BCUT2D eigenvalue weighted by molar-refractivity contribution is 0.556. The Balaban J connectivity index is 2.59. The van der Waals surface area contributed by atoms with E-state index in [4.69, 9.17) is 5.26 Å². The molecule has 0 saturated carbocycles. The van der Waals surface area contributed by atoms with E-state index in [0.29, 0.717) is 0 Å². The SMILES string of the molecule is CC(C)CCCN(C)c1ccccc1C#N. The van der Waals surface area contributed by atoms with Gasteiger partial charge in [0, 0.05) is 13.6 Å². The highest BCUT2D eigenvalue weighted by Crippen LogP contribution is 2.18. The van der Waals surface area contributed by atoms with Gasteiger partial charge in [0.25, 0.3) is 0 Å². The minimum absolute atomic E-state index is 0.750. The molecule has 86 valence electrons. The van der Waals surface area contributed by atoms with Crippen molar-refractivity contribution in [1.29, 1.82) is 5.26 Å². The van der Waals surface area contributed by atoms with Crippen molar-refractivity contribution in [2.24, 2.45) is 5.92 Å². The van der Waals surface area contributed by atoms with E-state index in [1.807, 2.05) is 24.3 Å². The maximum Gasteiger partial charge on any atom is 0.101 e. The zero-order valence-corrected chi connectivity index (χ0v) is 10.4. The van der Waals surface area contributed by atoms with Crippen LogP contribution in [0, 0.1) is 17.2 Å². The summed E-state index contributed by atoms with van der Waals surface area (Å²) in [5, 5.41) is 9.00. The van der Waals surface area contributed by atoms with Crippen LogP contribution in [0.3, 0.4) is 0 Å². The number of nitriles is 1. The molecule has 0 bridgehead atoms. The van der Waals surface area contributed by atoms with Crippen LogP contribution in [0.15, 0.2) is 24.3 Å². The van der Waals surface area contributed by atoms with Gasteiger partial charge in [-0.15, -0.1) is 0 Å². The third-order valence-corrected chi connectivity index (χ3v) is 2.71. The van der Waals surface area contributed by atoms with Crippen molar-refractivity contribution in [3.63, 3.8) is 0 Å². The molecule has 0 amide bonds. The van der Waals surface area contributed by atoms with Crippen LogP contribution in [0.4, 0.5) is 5.69 Å². The van der Waals surface area contributed by atoms with E-state index in [9.17, 15) is 0 Å². The molecular formula is C14H20N2. The van der Waals surface area contributed by atoms with E-state index >= 15 is 0 Å². The van der Waals surface area contributed by atoms with Gasteiger partial charge in [-0.25, -0.2) is 0 Å². The van der Waals surface area contributed by atoms with Crippen LogP contribution in [-0.2, 0) is 0 Å². The molecule has 0 spiro atoms. The second kappa shape index (κ2) is 6.17. The van der Waals surface area contributed by atoms with Crippen molar-refractivity contribution in [2.75, 3.05) is 18.5 Å². The van der Waals surface area contributed by atoms with Crippen LogP contribution >= 0.6 is 0 Å². The topological polar surface area (TPSA) is 27.0 Å². The lowest BCUT2D eigenvalue weighted by Crippen LogP contribution is -2.19. The van der Waals surface area contributed by atoms with Gasteiger partial charge in [-0.2, -0.15) is 5.26 Å². The van der Waals surface area contributed by atoms with Crippen LogP contribution in [-0.4, -0.2) is 13.6 Å². The summed E-state index contributed by atoms with van der Waals surface area (Å²) in [5.74, 6) is 0.750. The van der Waals surface area contributed by atoms with Crippen LogP contribution in [0.2, 0.25) is 0 Å². The first-order valence-corrected chi connectivity index (χ1v) is 5.85. The molecular weight excluding hydrogens is 196 g/mol. The maximum atomic E-state index is 9.00. The molecule has 0 heterocycles. The fourth-order valence-electron chi connectivity index (χ4n) is 1.76. The predicted octanol–water partition coefficient (Wildman–Crippen LogP) is 3.43. The minimum atomic E-state index is 0.750. The van der Waals surface area contributed by atoms with Crippen molar-refractivity contribution < 1.29 is 0 Å². The Morgan fingerprint density at radius 3 is 2.62 bits per heavy atom. The Morgan fingerprint density at radius 1 is 1.31 bits per heavy atom. The van der Waals surface area contributed by atoms with Crippen molar-refractivity contribution in [1.82, 2.24) is 0 Å². The van der Waals surface area contributed by atoms with Gasteiger partial charge in [0.1, 0.15) is 6.07 Å². The molecule has 0 fully saturated rings. The predicted molar refractivity (Wildman–Crippen MR) is 68.5 cm³/mol. The highest BCUT2D eigenvalue weighted by atomic mass is 15.1. The quantitative estimate of drug-likeness (QED) is 0.754. The summed E-state index contributed by atoms with van der Waals surface area (Å²) in [4.78, 5) is 2.17. The average Bonchev–Trinajstić information content (AvgIpc) is 2.28. The summed E-state index contributed by atoms with van der Waals surface area (Å²) in [5.41, 5.74) is 1.79. The molecule has 2 heteroatoms. The monoisotopic (exact) mass is 216 g/mol. The van der Waals surface area contributed by atoms with Gasteiger partial charge in [0.15, 0.2) is 0 Å². The molecule has 0 radical (unpaired) electrons. The molecule has 0 N–H and O–H groups in total. The Bertz CT molecular complexity index is 363. The molecule has 0 saturated heterocycles. The fraction of sp³-hybridized carbons (Fsp3) is 0.500. The standard InChI is InChI=1S/C14H20N2/c1-12(2)7-6-10-16(3)14-9-5-4-8-13(14)11-15/h4-5,8-9,12H,6-7,10H2,1-3H3. The number of para-hydroxylation sites is 1. The van der Waals surface area contributed by atoms with E-state index in [2.05, 4.69) is 31.9 Å². The fourth-order valence-corrected chi connectivity index (χ4v) is 1.76. The zero-order chi connectivity index (χ0) is 12.0. The van der Waals surface area contributed by atoms with Gasteiger partial charge in [0.2, 0.25) is 0 Å². The molecule has 16 heavy (non-hydrogen) atoms. The maximum absolute atomic E-state index is 9.00. The third-order valence-electron chi connectivity index (χ3n) is 2.71. The first-order chi connectivity index (χ1) is 7.65. The summed E-state index contributed by atoms with van der Waals surface area (Å²) in [6, 6.07) is 10.00. The van der Waals surface area contributed by atoms with Crippen LogP contribution in [0.25, 0.3) is 0 Å². The second-order valence-corrected chi connectivity index (χ2v) is 4.59. The number of rotatable bonds is 5. The number of hydrogen-bond donors (Lipinski definition) is 0. The highest BCUT2D eigenvalue weighted by Gasteiger charge is 2.06. The van der Waals surface area contributed by atoms with Gasteiger partial charge in [-0.05, 0) is 30.9 Å². The summed E-state index contributed by atoms with van der Waals surface area (Å²) in [6.07, 6.45) is 2.41. The van der Waals surface area contributed by atoms with Crippen molar-refractivity contribution in [3.8, 4) is 6.07 Å². The number of nitrogens with zero attached hydrogens (tertiary/aromatic N) is 2. The summed E-state index contributed by atoms with van der Waals surface area (Å²) >= 11 is 0. The van der Waals surface area contributed by atoms with Gasteiger partial charge in [-0.3, -0.25) is 0 Å². The van der Waals surface area contributed by atoms with Gasteiger partial charge < -0.3 is 4.90 Å². The smallest absolute Gasteiger partial charge is 0.101 e. The molecule has 0 aliphatic heterocycles. The van der Waals surface area contributed by atoms with E-state index in [1.54, 1.807) is 0 Å². The van der Waals surface area contributed by atoms with E-state index in [0.717, 1.165) is 23.7 Å². The first-order valence-electron chi connectivity index (χ1n) is 5.85. The Morgan fingerprint density at radius 2 is 2.00 bits per heavy atom. The molecule has 0 aliphatic carbocycles. The normalized spacial score (nSPS) is 10.2. The highest BCUT2D eigenvalue weighted by molar-refractivity contribution is 5.58. The third kappa shape index (κ3) is 3.58. The van der Waals surface area contributed by atoms with Crippen LogP contribution in [0.5, 0.6) is 0 Å². The summed E-state index contributed by atoms with van der Waals surface area (Å²) in [6.45, 7) is 5.49. The molecule has 1 aromatic rings. The van der Waals surface area contributed by atoms with Crippen molar-refractivity contribution in [2.45, 2.75) is 26.7 Å². The lowest BCUT2D eigenvalue weighted by Gasteiger charge is -2.20. The minimum Gasteiger partial charge on any atom is -0.374 e. The summed E-state index contributed by atoms with van der Waals surface area (Å²) in [7, 11) is 2.05. The number of hydrogen-bond acceptors (Lipinski definition) is 2. The van der Waals surface area contributed by atoms with Crippen LogP contribution < -0.4 is 4.90 Å². The zero-order valence-electron chi connectivity index (χ0n) is 10.4. The van der Waals surface area contributed by atoms with Crippen LogP contribution in [0.1, 0.15) is 32.3 Å². The lowest BCUT2D eigenvalue weighted by atomic mass is 10.1. The van der Waals surface area contributed by atoms with Gasteiger partial charge >= 0.3 is 0 Å². The van der Waals surface area contributed by atoms with E-state index in [1.165, 1.54) is 12.8 Å². The number of anilines is 1. The van der Waals surface area contributed by atoms with E-state index < -0.39 is 0 Å². The molecule has 0 aromatic heterocycles. The first kappa shape index (κ1) is 12.6. The molecule has 1 aromatic carbocycles. The van der Waals surface area contributed by atoms with Gasteiger partial charge in [-0.1, -0.05) is 26.0 Å². The summed E-state index contributed by atoms with van der Waals surface area (Å²) < 4.78 is 0. The molecule has 2 nitrogen and oxygen atoms in total. The Labute approximate surface area is 98.5 Å². The second-order valence-electron chi connectivity index (χ2n) is 4.59. The largest absolute Gasteiger partial charge is 0.374 e. The number of benzene rings is 1. The Kier molecular flexibility index (Phi) is 4.85. The van der Waals surface area contributed by atoms with Crippen molar-refractivity contribution in [3.05, 3.63) is 29.8 Å². The molecule has 1 rings (SSSR count). The van der Waals surface area contributed by atoms with Crippen molar-refractivity contribution >= 4 is 5.69 Å². The molecule has 0 unspecified atom stereocenters. The molecule has 0 aliphatic rings. The average molecular weight is 216 g/mol. The van der Waals surface area contributed by atoms with Gasteiger partial charge in [0.05, 0.1) is 11.3 Å². The van der Waals surface area contributed by atoms with E-state index in [-0.39, 0.29) is 0 Å². The Hall–Kier alpha value is -1.49.